The number of benzene rings is 1. The first-order valence-corrected chi connectivity index (χ1v) is 7.87. The van der Waals surface area contributed by atoms with Crippen LogP contribution < -0.4 is 5.32 Å². The summed E-state index contributed by atoms with van der Waals surface area (Å²) in [7, 11) is 0. The number of carbonyl (C=O) groups excluding carboxylic acids is 1. The van der Waals surface area contributed by atoms with Crippen molar-refractivity contribution in [3.05, 3.63) is 35.4 Å². The fourth-order valence-corrected chi connectivity index (χ4v) is 3.55. The van der Waals surface area contributed by atoms with Crippen LogP contribution in [0.25, 0.3) is 0 Å². The van der Waals surface area contributed by atoms with Crippen LogP contribution in [0.5, 0.6) is 0 Å². The fraction of sp³-hybridized carbons (Fsp3) is 0.588. The number of nitrogens with zero attached hydrogens (tertiary/aromatic N) is 1. The topological polar surface area (TPSA) is 32.3 Å². The van der Waals surface area contributed by atoms with Crippen molar-refractivity contribution >= 4 is 18.3 Å². The second kappa shape index (κ2) is 7.28. The smallest absolute Gasteiger partial charge is 0.227 e. The van der Waals surface area contributed by atoms with Crippen molar-refractivity contribution in [2.45, 2.75) is 51.1 Å². The molecule has 0 radical (unpaired) electrons. The summed E-state index contributed by atoms with van der Waals surface area (Å²) in [6.45, 7) is 4.18. The predicted molar refractivity (Wildman–Crippen MR) is 87.9 cm³/mol. The second-order valence-corrected chi connectivity index (χ2v) is 6.03. The maximum absolute atomic E-state index is 12.6. The van der Waals surface area contributed by atoms with Gasteiger partial charge in [0.2, 0.25) is 5.91 Å². The highest BCUT2D eigenvalue weighted by atomic mass is 35.5. The van der Waals surface area contributed by atoms with Crippen LogP contribution in [-0.2, 0) is 17.6 Å². The second-order valence-electron chi connectivity index (χ2n) is 6.03. The molecule has 1 aromatic carbocycles. The highest BCUT2D eigenvalue weighted by Crippen LogP contribution is 2.28. The van der Waals surface area contributed by atoms with Gasteiger partial charge < -0.3 is 10.2 Å². The Balaban J connectivity index is 0.00000161. The third kappa shape index (κ3) is 3.58. The van der Waals surface area contributed by atoms with E-state index in [0.29, 0.717) is 24.4 Å². The van der Waals surface area contributed by atoms with E-state index in [1.165, 1.54) is 12.0 Å². The number of hydrogen-bond donors (Lipinski definition) is 1. The standard InChI is InChI=1S/C17H24N2O.ClH/c1-2-13-3-5-14(6-4-13)11-17(20)19-15-7-8-16(19)12-18-10-9-15;/h3-6,15-16,18H,2,7-12H2,1H3;1H. The molecule has 4 heteroatoms. The Morgan fingerprint density at radius 2 is 1.81 bits per heavy atom. The van der Waals surface area contributed by atoms with E-state index in [1.54, 1.807) is 0 Å². The summed E-state index contributed by atoms with van der Waals surface area (Å²) in [5.41, 5.74) is 2.48. The van der Waals surface area contributed by atoms with E-state index in [9.17, 15) is 4.79 Å². The van der Waals surface area contributed by atoms with Gasteiger partial charge in [-0.15, -0.1) is 12.4 Å². The lowest BCUT2D eigenvalue weighted by molar-refractivity contribution is -0.133. The number of rotatable bonds is 3. The van der Waals surface area contributed by atoms with E-state index in [0.717, 1.165) is 37.9 Å². The Bertz CT molecular complexity index is 460. The number of amides is 1. The summed E-state index contributed by atoms with van der Waals surface area (Å²) in [5.74, 6) is 0.311. The molecule has 0 spiro atoms. The molecule has 0 aliphatic carbocycles. The Labute approximate surface area is 133 Å². The molecule has 2 saturated heterocycles. The zero-order valence-electron chi connectivity index (χ0n) is 12.7. The number of aryl methyl sites for hydroxylation is 1. The number of hydrogen-bond acceptors (Lipinski definition) is 2. The lowest BCUT2D eigenvalue weighted by Crippen LogP contribution is -2.43. The molecular formula is C17H25ClN2O. The van der Waals surface area contributed by atoms with E-state index in [2.05, 4.69) is 41.4 Å². The lowest BCUT2D eigenvalue weighted by Gasteiger charge is -2.28. The maximum Gasteiger partial charge on any atom is 0.227 e. The highest BCUT2D eigenvalue weighted by Gasteiger charge is 2.37. The minimum Gasteiger partial charge on any atom is -0.335 e. The zero-order chi connectivity index (χ0) is 13.9. The molecule has 0 saturated carbocycles. The van der Waals surface area contributed by atoms with Gasteiger partial charge in [-0.2, -0.15) is 0 Å². The van der Waals surface area contributed by atoms with Crippen LogP contribution >= 0.6 is 12.4 Å². The van der Waals surface area contributed by atoms with Crippen LogP contribution in [0.2, 0.25) is 0 Å². The van der Waals surface area contributed by atoms with E-state index >= 15 is 0 Å². The molecular weight excluding hydrogens is 284 g/mol. The van der Waals surface area contributed by atoms with Crippen LogP contribution in [0.3, 0.4) is 0 Å². The summed E-state index contributed by atoms with van der Waals surface area (Å²) < 4.78 is 0. The largest absolute Gasteiger partial charge is 0.335 e. The summed E-state index contributed by atoms with van der Waals surface area (Å²) in [4.78, 5) is 14.8. The molecule has 21 heavy (non-hydrogen) atoms. The van der Waals surface area contributed by atoms with Crippen molar-refractivity contribution in [2.24, 2.45) is 0 Å². The third-order valence-electron chi connectivity index (χ3n) is 4.73. The monoisotopic (exact) mass is 308 g/mol. The zero-order valence-corrected chi connectivity index (χ0v) is 13.5. The Hall–Kier alpha value is -1.06. The van der Waals surface area contributed by atoms with Crippen LogP contribution in [0.4, 0.5) is 0 Å². The molecule has 2 aliphatic heterocycles. The van der Waals surface area contributed by atoms with Gasteiger partial charge >= 0.3 is 0 Å². The molecule has 2 bridgehead atoms. The minimum atomic E-state index is 0. The molecule has 116 valence electrons. The first kappa shape index (κ1) is 16.3. The average molecular weight is 309 g/mol. The Morgan fingerprint density at radius 1 is 1.14 bits per heavy atom. The molecule has 1 N–H and O–H groups in total. The van der Waals surface area contributed by atoms with Gasteiger partial charge in [-0.05, 0) is 43.4 Å². The normalized spacial score (nSPS) is 24.3. The van der Waals surface area contributed by atoms with Gasteiger partial charge in [0.25, 0.3) is 0 Å². The van der Waals surface area contributed by atoms with Gasteiger partial charge in [0, 0.05) is 18.6 Å². The van der Waals surface area contributed by atoms with Gasteiger partial charge in [-0.1, -0.05) is 31.2 Å². The maximum atomic E-state index is 12.6. The van der Waals surface area contributed by atoms with Gasteiger partial charge in [-0.3, -0.25) is 4.79 Å². The van der Waals surface area contributed by atoms with Gasteiger partial charge in [0.05, 0.1) is 6.42 Å². The van der Waals surface area contributed by atoms with Gasteiger partial charge in [0.15, 0.2) is 0 Å². The lowest BCUT2D eigenvalue weighted by atomic mass is 10.1. The molecule has 2 atom stereocenters. The van der Waals surface area contributed by atoms with Crippen LogP contribution in [0, 0.1) is 0 Å². The molecule has 1 amide bonds. The first-order chi connectivity index (χ1) is 9.78. The number of halogens is 1. The van der Waals surface area contributed by atoms with Crippen LogP contribution in [-0.4, -0.2) is 36.0 Å². The van der Waals surface area contributed by atoms with E-state index < -0.39 is 0 Å². The van der Waals surface area contributed by atoms with Gasteiger partial charge in [-0.25, -0.2) is 0 Å². The molecule has 3 rings (SSSR count). The number of carbonyl (C=O) groups is 1. The molecule has 2 fully saturated rings. The molecule has 3 nitrogen and oxygen atoms in total. The number of fused-ring (bicyclic) bond motifs is 2. The van der Waals surface area contributed by atoms with Crippen molar-refractivity contribution in [3.63, 3.8) is 0 Å². The molecule has 2 heterocycles. The SMILES string of the molecule is CCc1ccc(CC(=O)N2C3CCNCC2CC3)cc1.Cl. The fourth-order valence-electron chi connectivity index (χ4n) is 3.55. The number of nitrogens with one attached hydrogen (secondary N) is 1. The van der Waals surface area contributed by atoms with E-state index in [4.69, 9.17) is 0 Å². The summed E-state index contributed by atoms with van der Waals surface area (Å²) in [5, 5.41) is 3.45. The minimum absolute atomic E-state index is 0. The Kier molecular flexibility index (Phi) is 5.65. The molecule has 2 unspecified atom stereocenters. The van der Waals surface area contributed by atoms with Crippen molar-refractivity contribution < 1.29 is 4.79 Å². The molecule has 1 aromatic rings. The van der Waals surface area contributed by atoms with Crippen molar-refractivity contribution in [2.75, 3.05) is 13.1 Å². The van der Waals surface area contributed by atoms with Gasteiger partial charge in [0.1, 0.15) is 0 Å². The van der Waals surface area contributed by atoms with Crippen molar-refractivity contribution in [1.82, 2.24) is 10.2 Å². The van der Waals surface area contributed by atoms with Crippen molar-refractivity contribution in [3.8, 4) is 0 Å². The van der Waals surface area contributed by atoms with E-state index in [-0.39, 0.29) is 12.4 Å². The Morgan fingerprint density at radius 3 is 2.52 bits per heavy atom. The average Bonchev–Trinajstić information content (AvgIpc) is 2.73. The van der Waals surface area contributed by atoms with E-state index in [1.807, 2.05) is 0 Å². The summed E-state index contributed by atoms with van der Waals surface area (Å²) in [6.07, 6.45) is 5.06. The first-order valence-electron chi connectivity index (χ1n) is 7.87. The predicted octanol–water partition coefficient (Wildman–Crippen LogP) is 2.57. The molecule has 2 aliphatic rings. The van der Waals surface area contributed by atoms with Crippen LogP contribution in [0.1, 0.15) is 37.3 Å². The summed E-state index contributed by atoms with van der Waals surface area (Å²) >= 11 is 0. The van der Waals surface area contributed by atoms with Crippen molar-refractivity contribution in [1.29, 1.82) is 0 Å². The summed E-state index contributed by atoms with van der Waals surface area (Å²) in [6, 6.07) is 9.38. The molecule has 0 aromatic heterocycles. The quantitative estimate of drug-likeness (QED) is 0.931. The van der Waals surface area contributed by atoms with Crippen LogP contribution in [0.15, 0.2) is 24.3 Å². The third-order valence-corrected chi connectivity index (χ3v) is 4.73. The highest BCUT2D eigenvalue weighted by molar-refractivity contribution is 5.85.